The molecule has 1 saturated carbocycles. The lowest BCUT2D eigenvalue weighted by Crippen LogP contribution is -2.64. The van der Waals surface area contributed by atoms with Gasteiger partial charge in [0.25, 0.3) is 0 Å². The largest absolute Gasteiger partial charge is 0.472 e. The van der Waals surface area contributed by atoms with Crippen LogP contribution in [0.3, 0.4) is 0 Å². The van der Waals surface area contributed by atoms with Crippen LogP contribution in [0.5, 0.6) is 0 Å². The summed E-state index contributed by atoms with van der Waals surface area (Å²) in [6, 6.07) is 0. The Kier molecular flexibility index (Phi) is 41.3. The van der Waals surface area contributed by atoms with Crippen molar-refractivity contribution in [1.82, 2.24) is 0 Å². The summed E-state index contributed by atoms with van der Waals surface area (Å²) in [6.07, 6.45) is 40.6. The molecule has 0 bridgehead atoms. The molecule has 0 aromatic carbocycles. The number of aliphatic hydroxyl groups is 5. The number of carbonyl (C=O) groups is 1. The Hall–Kier alpha value is -1.44. The van der Waals surface area contributed by atoms with Crippen molar-refractivity contribution >= 4 is 13.8 Å². The zero-order chi connectivity index (χ0) is 48.4. The van der Waals surface area contributed by atoms with Crippen LogP contribution >= 0.6 is 7.82 Å². The normalized spacial score (nSPS) is 21.6. The lowest BCUT2D eigenvalue weighted by Gasteiger charge is -2.41. The molecule has 0 aromatic rings. The van der Waals surface area contributed by atoms with Crippen LogP contribution < -0.4 is 0 Å². The van der Waals surface area contributed by atoms with Gasteiger partial charge in [0.05, 0.1) is 13.2 Å². The average molecular weight is 959 g/mol. The van der Waals surface area contributed by atoms with E-state index in [2.05, 4.69) is 50.3 Å². The van der Waals surface area contributed by atoms with Crippen molar-refractivity contribution in [1.29, 1.82) is 0 Å². The van der Waals surface area contributed by atoms with E-state index in [1.807, 2.05) is 0 Å². The number of phosphoric ester groups is 1. The first-order valence-electron chi connectivity index (χ1n) is 26.8. The molecule has 6 N–H and O–H groups in total. The van der Waals surface area contributed by atoms with Crippen molar-refractivity contribution in [3.8, 4) is 0 Å². The van der Waals surface area contributed by atoms with Crippen LogP contribution in [0.4, 0.5) is 0 Å². The number of esters is 1. The Labute approximate surface area is 402 Å². The zero-order valence-electron chi connectivity index (χ0n) is 41.7. The van der Waals surface area contributed by atoms with Crippen molar-refractivity contribution in [3.05, 3.63) is 36.5 Å². The van der Waals surface area contributed by atoms with Crippen LogP contribution in [0.25, 0.3) is 0 Å². The molecule has 13 heteroatoms. The van der Waals surface area contributed by atoms with Gasteiger partial charge in [-0.1, -0.05) is 192 Å². The van der Waals surface area contributed by atoms with Crippen LogP contribution in [0.1, 0.15) is 232 Å². The lowest BCUT2D eigenvalue weighted by atomic mass is 9.85. The lowest BCUT2D eigenvalue weighted by molar-refractivity contribution is -0.220. The van der Waals surface area contributed by atoms with Crippen molar-refractivity contribution in [3.63, 3.8) is 0 Å². The van der Waals surface area contributed by atoms with E-state index in [9.17, 15) is 39.8 Å². The second kappa shape index (κ2) is 43.6. The summed E-state index contributed by atoms with van der Waals surface area (Å²) in [5.41, 5.74) is 0. The second-order valence-corrected chi connectivity index (χ2v) is 20.1. The van der Waals surface area contributed by atoms with Crippen LogP contribution in [-0.4, -0.2) is 98.9 Å². The monoisotopic (exact) mass is 959 g/mol. The maximum atomic E-state index is 12.9. The topological polar surface area (TPSA) is 192 Å². The fraction of sp³-hybridized carbons (Fsp3) is 0.868. The van der Waals surface area contributed by atoms with Gasteiger partial charge in [-0.15, -0.1) is 0 Å². The predicted octanol–water partition coefficient (Wildman–Crippen LogP) is 12.2. The minimum Gasteiger partial charge on any atom is -0.457 e. The summed E-state index contributed by atoms with van der Waals surface area (Å²) in [6.45, 7) is 4.26. The van der Waals surface area contributed by atoms with Gasteiger partial charge in [0.2, 0.25) is 0 Å². The number of hydrogen-bond acceptors (Lipinski definition) is 11. The highest BCUT2D eigenvalue weighted by Gasteiger charge is 2.51. The van der Waals surface area contributed by atoms with Crippen LogP contribution in [0.15, 0.2) is 36.5 Å². The summed E-state index contributed by atoms with van der Waals surface area (Å²) >= 11 is 0. The summed E-state index contributed by atoms with van der Waals surface area (Å²) in [7, 11) is -5.02. The van der Waals surface area contributed by atoms with Gasteiger partial charge in [0.15, 0.2) is 0 Å². The third kappa shape index (κ3) is 34.8. The van der Waals surface area contributed by atoms with E-state index in [1.165, 1.54) is 154 Å². The molecule has 12 nitrogen and oxygen atoms in total. The molecule has 0 aliphatic heterocycles. The molecule has 1 aliphatic carbocycles. The fourth-order valence-corrected chi connectivity index (χ4v) is 9.18. The number of unbranched alkanes of at least 4 members (excludes halogenated alkanes) is 28. The zero-order valence-corrected chi connectivity index (χ0v) is 42.6. The molecule has 1 fully saturated rings. The van der Waals surface area contributed by atoms with Gasteiger partial charge in [-0.05, 0) is 70.6 Å². The van der Waals surface area contributed by atoms with E-state index in [0.717, 1.165) is 51.4 Å². The Balaban J connectivity index is 2.32. The van der Waals surface area contributed by atoms with E-state index in [1.54, 1.807) is 0 Å². The van der Waals surface area contributed by atoms with Gasteiger partial charge in [-0.3, -0.25) is 13.8 Å². The number of aliphatic hydroxyl groups excluding tert-OH is 5. The predicted molar refractivity (Wildman–Crippen MR) is 267 cm³/mol. The number of hydrogen-bond donors (Lipinski definition) is 6. The molecular formula is C53H99O12P. The van der Waals surface area contributed by atoms with E-state index >= 15 is 0 Å². The van der Waals surface area contributed by atoms with Gasteiger partial charge in [0.1, 0.15) is 42.7 Å². The molecule has 1 aliphatic rings. The summed E-state index contributed by atoms with van der Waals surface area (Å²) in [5.74, 6) is -0.480. The first kappa shape index (κ1) is 62.6. The second-order valence-electron chi connectivity index (χ2n) is 18.7. The SMILES string of the molecule is CCCCC/C=C\C/C=C\CCCCCCCCCCCC(=O)OC(COCCCCCCCCCCCC/C=C\CCCCCCCC)COP(=O)(O)OC1C(O)C(O)C(O)C(O)C1O. The number of carbonyl (C=O) groups excluding carboxylic acids is 1. The molecule has 0 spiro atoms. The quantitative estimate of drug-likeness (QED) is 0.0147. The molecule has 0 aromatic heterocycles. The van der Waals surface area contributed by atoms with Gasteiger partial charge in [-0.2, -0.15) is 0 Å². The van der Waals surface area contributed by atoms with Crippen LogP contribution in [-0.2, 0) is 27.9 Å². The third-order valence-electron chi connectivity index (χ3n) is 12.5. The minimum absolute atomic E-state index is 0.0776. The van der Waals surface area contributed by atoms with E-state index in [4.69, 9.17) is 18.5 Å². The smallest absolute Gasteiger partial charge is 0.457 e. The van der Waals surface area contributed by atoms with E-state index in [0.29, 0.717) is 13.0 Å². The van der Waals surface area contributed by atoms with Gasteiger partial charge < -0.3 is 39.9 Å². The fourth-order valence-electron chi connectivity index (χ4n) is 8.21. The Morgan fingerprint density at radius 1 is 0.485 bits per heavy atom. The number of ether oxygens (including phenoxy) is 2. The molecule has 0 radical (unpaired) electrons. The highest BCUT2D eigenvalue weighted by Crippen LogP contribution is 2.47. The number of allylic oxidation sites excluding steroid dienone is 6. The maximum absolute atomic E-state index is 12.9. The molecule has 6 unspecified atom stereocenters. The first-order valence-corrected chi connectivity index (χ1v) is 28.3. The summed E-state index contributed by atoms with van der Waals surface area (Å²) in [5, 5.41) is 50.3. The van der Waals surface area contributed by atoms with Crippen LogP contribution in [0, 0.1) is 0 Å². The van der Waals surface area contributed by atoms with Crippen molar-refractivity contribution in [2.75, 3.05) is 19.8 Å². The van der Waals surface area contributed by atoms with E-state index < -0.39 is 63.1 Å². The molecule has 6 atom stereocenters. The Bertz CT molecular complexity index is 1230. The van der Waals surface area contributed by atoms with Crippen molar-refractivity contribution in [2.45, 2.75) is 275 Å². The first-order chi connectivity index (χ1) is 32.0. The third-order valence-corrected chi connectivity index (χ3v) is 13.5. The molecular weight excluding hydrogens is 860 g/mol. The Morgan fingerprint density at radius 3 is 1.32 bits per heavy atom. The highest BCUT2D eigenvalue weighted by atomic mass is 31.2. The standard InChI is InChI=1S/C53H99O12P/c1-3-5-7-9-11-13-15-17-19-21-23-25-27-29-31-33-35-37-39-41-43-62-44-46(45-63-66(60,61)65-53-51(58)49(56)48(55)50(57)52(53)59)64-47(54)42-40-38-36-34-32-30-28-26-24-22-20-18-16-14-12-10-8-6-4-2/h12,14,17-20,46,48-53,55-59H,3-11,13,15-16,21-45H2,1-2H3,(H,60,61)/b14-12-,19-17-,20-18-. The average Bonchev–Trinajstić information content (AvgIpc) is 3.30. The van der Waals surface area contributed by atoms with Crippen molar-refractivity contribution in [2.24, 2.45) is 0 Å². The summed E-state index contributed by atoms with van der Waals surface area (Å²) in [4.78, 5) is 23.3. The molecule has 1 rings (SSSR count). The number of phosphoric acid groups is 1. The molecule has 0 heterocycles. The van der Waals surface area contributed by atoms with Gasteiger partial charge in [-0.25, -0.2) is 4.57 Å². The molecule has 0 amide bonds. The Morgan fingerprint density at radius 2 is 0.848 bits per heavy atom. The summed E-state index contributed by atoms with van der Waals surface area (Å²) < 4.78 is 34.3. The molecule has 0 saturated heterocycles. The maximum Gasteiger partial charge on any atom is 0.472 e. The number of rotatable bonds is 46. The highest BCUT2D eigenvalue weighted by molar-refractivity contribution is 7.47. The van der Waals surface area contributed by atoms with E-state index in [-0.39, 0.29) is 13.0 Å². The van der Waals surface area contributed by atoms with Gasteiger partial charge >= 0.3 is 13.8 Å². The van der Waals surface area contributed by atoms with Crippen molar-refractivity contribution < 1.29 is 58.3 Å². The molecule has 66 heavy (non-hydrogen) atoms. The molecule has 388 valence electrons. The minimum atomic E-state index is -5.02. The van der Waals surface area contributed by atoms with Crippen LogP contribution in [0.2, 0.25) is 0 Å². The van der Waals surface area contributed by atoms with Gasteiger partial charge in [0, 0.05) is 13.0 Å².